The Kier molecular flexibility index (Phi) is 1.72. The monoisotopic (exact) mass is 110 g/mol. The van der Waals surface area contributed by atoms with Crippen LogP contribution in [-0.2, 0) is 0 Å². The van der Waals surface area contributed by atoms with Crippen LogP contribution in [0.2, 0.25) is 0 Å². The molecule has 0 saturated heterocycles. The van der Waals surface area contributed by atoms with Crippen molar-refractivity contribution in [2.45, 2.75) is 33.1 Å². The van der Waals surface area contributed by atoms with Crippen LogP contribution in [0.15, 0.2) is 11.6 Å². The second-order valence-electron chi connectivity index (χ2n) is 2.83. The maximum absolute atomic E-state index is 2.39. The van der Waals surface area contributed by atoms with Crippen LogP contribution in [0, 0.1) is 5.92 Å². The van der Waals surface area contributed by atoms with Crippen molar-refractivity contribution < 1.29 is 0 Å². The van der Waals surface area contributed by atoms with Gasteiger partial charge in [-0.3, -0.25) is 0 Å². The molecule has 0 heteroatoms. The van der Waals surface area contributed by atoms with E-state index in [0.717, 1.165) is 5.92 Å². The Bertz CT molecular complexity index is 98.6. The number of hydrogen-bond donors (Lipinski definition) is 0. The summed E-state index contributed by atoms with van der Waals surface area (Å²) < 4.78 is 0. The molecule has 0 nitrogen and oxygen atoms in total. The van der Waals surface area contributed by atoms with E-state index in [1.807, 2.05) is 0 Å². The first kappa shape index (κ1) is 5.87. The molecule has 0 atom stereocenters. The Balaban J connectivity index is 2.45. The first-order valence-corrected chi connectivity index (χ1v) is 3.49. The Morgan fingerprint density at radius 1 is 1.50 bits per heavy atom. The quantitative estimate of drug-likeness (QED) is 0.455. The molecule has 46 valence electrons. The molecule has 0 saturated carbocycles. The van der Waals surface area contributed by atoms with Gasteiger partial charge in [-0.2, -0.15) is 0 Å². The van der Waals surface area contributed by atoms with Gasteiger partial charge in [0.25, 0.3) is 0 Å². The zero-order chi connectivity index (χ0) is 5.98. The molecular formula is C8H14. The average Bonchev–Trinajstić information content (AvgIpc) is 2.12. The molecule has 0 radical (unpaired) electrons. The van der Waals surface area contributed by atoms with Gasteiger partial charge in [-0.15, -0.1) is 0 Å². The summed E-state index contributed by atoms with van der Waals surface area (Å²) in [5.41, 5.74) is 1.67. The molecule has 0 heterocycles. The fourth-order valence-electron chi connectivity index (χ4n) is 1.22. The van der Waals surface area contributed by atoms with Crippen LogP contribution in [-0.4, -0.2) is 0 Å². The second-order valence-corrected chi connectivity index (χ2v) is 2.83. The van der Waals surface area contributed by atoms with Gasteiger partial charge in [0.1, 0.15) is 0 Å². The fourth-order valence-corrected chi connectivity index (χ4v) is 1.22. The zero-order valence-electron chi connectivity index (χ0n) is 5.78. The lowest BCUT2D eigenvalue weighted by atomic mass is 10.0. The van der Waals surface area contributed by atoms with Crippen LogP contribution in [0.4, 0.5) is 0 Å². The topological polar surface area (TPSA) is 0 Å². The highest BCUT2D eigenvalue weighted by atomic mass is 14.1. The molecule has 1 rings (SSSR count). The smallest absolute Gasteiger partial charge is 0.0260 e. The molecule has 0 aromatic rings. The summed E-state index contributed by atoms with van der Waals surface area (Å²) in [6.07, 6.45) is 6.48. The third-order valence-electron chi connectivity index (χ3n) is 1.82. The van der Waals surface area contributed by atoms with E-state index in [0.29, 0.717) is 0 Å². The molecule has 1 aliphatic rings. The highest BCUT2D eigenvalue weighted by molar-refractivity contribution is 5.09. The first-order chi connectivity index (χ1) is 3.80. The highest BCUT2D eigenvalue weighted by Crippen LogP contribution is 2.23. The largest absolute Gasteiger partial charge is 0.0851 e. The molecular weight excluding hydrogens is 96.1 g/mol. The van der Waals surface area contributed by atoms with E-state index in [1.54, 1.807) is 5.57 Å². The molecule has 0 unspecified atom stereocenters. The van der Waals surface area contributed by atoms with Crippen molar-refractivity contribution in [3.05, 3.63) is 11.6 Å². The minimum Gasteiger partial charge on any atom is -0.0851 e. The summed E-state index contributed by atoms with van der Waals surface area (Å²) in [5, 5.41) is 0. The fraction of sp³-hybridized carbons (Fsp3) is 0.750. The molecule has 0 aliphatic heterocycles. The van der Waals surface area contributed by atoms with Gasteiger partial charge >= 0.3 is 0 Å². The van der Waals surface area contributed by atoms with Gasteiger partial charge in [0.15, 0.2) is 0 Å². The van der Waals surface area contributed by atoms with Crippen molar-refractivity contribution in [3.63, 3.8) is 0 Å². The summed E-state index contributed by atoms with van der Waals surface area (Å²) in [7, 11) is 0. The zero-order valence-corrected chi connectivity index (χ0v) is 5.78. The summed E-state index contributed by atoms with van der Waals surface area (Å²) in [6, 6.07) is 0. The summed E-state index contributed by atoms with van der Waals surface area (Å²) in [5.74, 6) is 0.803. The van der Waals surface area contributed by atoms with Crippen LogP contribution in [0.3, 0.4) is 0 Å². The predicted molar refractivity (Wildman–Crippen MR) is 36.8 cm³/mol. The van der Waals surface area contributed by atoms with Crippen molar-refractivity contribution in [2.24, 2.45) is 5.92 Å². The van der Waals surface area contributed by atoms with Crippen LogP contribution in [0.1, 0.15) is 33.1 Å². The second kappa shape index (κ2) is 2.34. The molecule has 0 amide bonds. The van der Waals surface area contributed by atoms with E-state index >= 15 is 0 Å². The van der Waals surface area contributed by atoms with Crippen molar-refractivity contribution >= 4 is 0 Å². The SMILES string of the molecule is CC(C)C1=CCCC1. The van der Waals surface area contributed by atoms with E-state index in [-0.39, 0.29) is 0 Å². The molecule has 0 aromatic heterocycles. The lowest BCUT2D eigenvalue weighted by molar-refractivity contribution is 0.726. The van der Waals surface area contributed by atoms with Gasteiger partial charge in [-0.1, -0.05) is 25.5 Å². The minimum atomic E-state index is 0.803. The number of rotatable bonds is 1. The van der Waals surface area contributed by atoms with E-state index < -0.39 is 0 Å². The van der Waals surface area contributed by atoms with Gasteiger partial charge < -0.3 is 0 Å². The van der Waals surface area contributed by atoms with Crippen molar-refractivity contribution in [3.8, 4) is 0 Å². The van der Waals surface area contributed by atoms with Crippen LogP contribution < -0.4 is 0 Å². The van der Waals surface area contributed by atoms with Gasteiger partial charge in [0, 0.05) is 0 Å². The maximum atomic E-state index is 2.39. The molecule has 0 spiro atoms. The summed E-state index contributed by atoms with van der Waals surface area (Å²) >= 11 is 0. The first-order valence-electron chi connectivity index (χ1n) is 3.49. The van der Waals surface area contributed by atoms with E-state index in [4.69, 9.17) is 0 Å². The van der Waals surface area contributed by atoms with Gasteiger partial charge in [0.05, 0.1) is 0 Å². The molecule has 8 heavy (non-hydrogen) atoms. The standard InChI is InChI=1S/C8H14/c1-7(2)8-5-3-4-6-8/h5,7H,3-4,6H2,1-2H3. The average molecular weight is 110 g/mol. The van der Waals surface area contributed by atoms with Crippen LogP contribution in [0.5, 0.6) is 0 Å². The Hall–Kier alpha value is -0.260. The lowest BCUT2D eigenvalue weighted by Gasteiger charge is -2.02. The summed E-state index contributed by atoms with van der Waals surface area (Å²) in [4.78, 5) is 0. The lowest BCUT2D eigenvalue weighted by Crippen LogP contribution is -1.87. The van der Waals surface area contributed by atoms with Gasteiger partial charge in [-0.25, -0.2) is 0 Å². The van der Waals surface area contributed by atoms with Crippen LogP contribution in [0.25, 0.3) is 0 Å². The molecule has 0 N–H and O–H groups in total. The van der Waals surface area contributed by atoms with Crippen molar-refractivity contribution in [1.29, 1.82) is 0 Å². The maximum Gasteiger partial charge on any atom is -0.0260 e. The molecule has 0 bridgehead atoms. The van der Waals surface area contributed by atoms with Gasteiger partial charge in [-0.05, 0) is 25.2 Å². The molecule has 0 aromatic carbocycles. The molecule has 0 fully saturated rings. The Morgan fingerprint density at radius 2 is 2.25 bits per heavy atom. The Morgan fingerprint density at radius 3 is 2.50 bits per heavy atom. The van der Waals surface area contributed by atoms with E-state index in [2.05, 4.69) is 19.9 Å². The molecule has 1 aliphatic carbocycles. The highest BCUT2D eigenvalue weighted by Gasteiger charge is 2.06. The minimum absolute atomic E-state index is 0.803. The third-order valence-corrected chi connectivity index (χ3v) is 1.82. The number of hydrogen-bond acceptors (Lipinski definition) is 0. The van der Waals surface area contributed by atoms with Crippen molar-refractivity contribution in [1.82, 2.24) is 0 Å². The predicted octanol–water partition coefficient (Wildman–Crippen LogP) is 2.75. The van der Waals surface area contributed by atoms with E-state index in [1.165, 1.54) is 19.3 Å². The van der Waals surface area contributed by atoms with Gasteiger partial charge in [0.2, 0.25) is 0 Å². The third kappa shape index (κ3) is 1.12. The normalized spacial score (nSPS) is 19.6. The Labute approximate surface area is 51.6 Å². The van der Waals surface area contributed by atoms with Crippen LogP contribution >= 0.6 is 0 Å². The number of allylic oxidation sites excluding steroid dienone is 2. The van der Waals surface area contributed by atoms with Crippen molar-refractivity contribution in [2.75, 3.05) is 0 Å². The summed E-state index contributed by atoms with van der Waals surface area (Å²) in [6.45, 7) is 4.55. The van der Waals surface area contributed by atoms with E-state index in [9.17, 15) is 0 Å².